The van der Waals surface area contributed by atoms with Crippen molar-refractivity contribution in [2.45, 2.75) is 12.2 Å². The highest BCUT2D eigenvalue weighted by atomic mass is 127. The van der Waals surface area contributed by atoms with Crippen molar-refractivity contribution in [1.82, 2.24) is 10.6 Å². The fraction of sp³-hybridized carbons (Fsp3) is 0.471. The van der Waals surface area contributed by atoms with Gasteiger partial charge >= 0.3 is 0 Å². The second kappa shape index (κ2) is 13.4. The van der Waals surface area contributed by atoms with Crippen LogP contribution >= 0.6 is 67.8 Å². The Kier molecular flexibility index (Phi) is 12.3. The van der Waals surface area contributed by atoms with Crippen LogP contribution in [0.5, 0.6) is 0 Å². The molecule has 174 valence electrons. The van der Waals surface area contributed by atoms with Crippen LogP contribution in [-0.2, 0) is 4.79 Å². The van der Waals surface area contributed by atoms with Crippen LogP contribution in [-0.4, -0.2) is 95.4 Å². The van der Waals surface area contributed by atoms with Gasteiger partial charge in [0, 0.05) is 23.7 Å². The standard InChI is InChI=1S/C17H22I3N3O8/c1-23(9(29)6-26)15-13(19)10(16(30)21-2-7(27)4-24)12(18)11(14(15)20)17(31)22-3-8(28)5-25/h7-8,24-28H,2-6H2,1H3,(H,21,30)(H,22,31)/t7-,8-/m1/s1. The molecule has 1 rings (SSSR count). The molecule has 0 aliphatic heterocycles. The summed E-state index contributed by atoms with van der Waals surface area (Å²) in [4.78, 5) is 38.9. The van der Waals surface area contributed by atoms with E-state index in [2.05, 4.69) is 10.6 Å². The number of aliphatic hydroxyl groups excluding tert-OH is 5. The molecule has 1 aromatic carbocycles. The van der Waals surface area contributed by atoms with Gasteiger partial charge in [0.2, 0.25) is 0 Å². The number of nitrogens with zero attached hydrogens (tertiary/aromatic N) is 1. The summed E-state index contributed by atoms with van der Waals surface area (Å²) < 4.78 is 0.921. The Labute approximate surface area is 219 Å². The smallest absolute Gasteiger partial charge is 0.253 e. The third-order valence-electron chi connectivity index (χ3n) is 4.01. The van der Waals surface area contributed by atoms with E-state index in [0.29, 0.717) is 7.14 Å². The molecule has 0 spiro atoms. The lowest BCUT2D eigenvalue weighted by Crippen LogP contribution is -2.38. The second-order valence-corrected chi connectivity index (χ2v) is 9.48. The number of amides is 3. The lowest BCUT2D eigenvalue weighted by Gasteiger charge is -2.25. The van der Waals surface area contributed by atoms with E-state index in [4.69, 9.17) is 10.2 Å². The molecule has 1 aromatic rings. The van der Waals surface area contributed by atoms with E-state index < -0.39 is 49.8 Å². The van der Waals surface area contributed by atoms with Gasteiger partial charge in [-0.3, -0.25) is 14.4 Å². The van der Waals surface area contributed by atoms with Crippen molar-refractivity contribution in [1.29, 1.82) is 0 Å². The van der Waals surface area contributed by atoms with Crippen LogP contribution in [0.3, 0.4) is 0 Å². The Morgan fingerprint density at radius 3 is 1.55 bits per heavy atom. The molecule has 0 bridgehead atoms. The average molecular weight is 777 g/mol. The quantitative estimate of drug-likeness (QED) is 0.142. The number of hydrogen-bond acceptors (Lipinski definition) is 8. The molecule has 0 radical (unpaired) electrons. The number of rotatable bonds is 10. The van der Waals surface area contributed by atoms with Crippen LogP contribution in [0.1, 0.15) is 20.7 Å². The Hall–Kier alpha value is -0.380. The van der Waals surface area contributed by atoms with Gasteiger partial charge in [-0.05, 0) is 67.8 Å². The summed E-state index contributed by atoms with van der Waals surface area (Å²) in [6.07, 6.45) is -2.35. The first kappa shape index (κ1) is 28.7. The zero-order chi connectivity index (χ0) is 23.9. The van der Waals surface area contributed by atoms with E-state index in [-0.39, 0.29) is 33.5 Å². The first-order chi connectivity index (χ1) is 14.5. The number of anilines is 1. The van der Waals surface area contributed by atoms with Gasteiger partial charge in [0.1, 0.15) is 6.61 Å². The number of halogens is 3. The number of aliphatic hydroxyl groups is 5. The molecular formula is C17H22I3N3O8. The normalized spacial score (nSPS) is 12.8. The SMILES string of the molecule is CN(C(=O)CO)c1c(I)c(C(=O)NC[C@@H](O)CO)c(I)c(C(=O)NC[C@@H](O)CO)c1I. The first-order valence-corrected chi connectivity index (χ1v) is 12.0. The van der Waals surface area contributed by atoms with Gasteiger partial charge in [-0.1, -0.05) is 0 Å². The predicted octanol–water partition coefficient (Wildman–Crippen LogP) is -1.38. The molecule has 31 heavy (non-hydrogen) atoms. The largest absolute Gasteiger partial charge is 0.394 e. The third kappa shape index (κ3) is 7.30. The number of carbonyl (C=O) groups is 3. The molecular weight excluding hydrogens is 755 g/mol. The van der Waals surface area contributed by atoms with E-state index in [0.717, 1.165) is 4.90 Å². The van der Waals surface area contributed by atoms with Gasteiger partial charge in [0.05, 0.1) is 49.4 Å². The summed E-state index contributed by atoms with van der Waals surface area (Å²) >= 11 is 5.52. The highest BCUT2D eigenvalue weighted by molar-refractivity contribution is 14.1. The fourth-order valence-electron chi connectivity index (χ4n) is 2.30. The maximum absolute atomic E-state index is 12.8. The zero-order valence-electron chi connectivity index (χ0n) is 16.2. The zero-order valence-corrected chi connectivity index (χ0v) is 22.7. The summed E-state index contributed by atoms with van der Waals surface area (Å²) in [6.45, 7) is -2.37. The van der Waals surface area contributed by atoms with E-state index in [1.807, 2.05) is 67.8 Å². The first-order valence-electron chi connectivity index (χ1n) is 8.73. The molecule has 0 fully saturated rings. The van der Waals surface area contributed by atoms with Crippen molar-refractivity contribution in [3.8, 4) is 0 Å². The van der Waals surface area contributed by atoms with E-state index in [1.165, 1.54) is 7.05 Å². The minimum atomic E-state index is -1.18. The maximum Gasteiger partial charge on any atom is 0.253 e. The van der Waals surface area contributed by atoms with E-state index in [9.17, 15) is 29.7 Å². The van der Waals surface area contributed by atoms with Crippen LogP contribution in [0.4, 0.5) is 5.69 Å². The van der Waals surface area contributed by atoms with Crippen LogP contribution in [0.15, 0.2) is 0 Å². The molecule has 0 aromatic heterocycles. The van der Waals surface area contributed by atoms with Gasteiger partial charge in [0.15, 0.2) is 0 Å². The second-order valence-electron chi connectivity index (χ2n) is 6.24. The Morgan fingerprint density at radius 1 is 0.839 bits per heavy atom. The fourth-order valence-corrected chi connectivity index (χ4v) is 7.17. The average Bonchev–Trinajstić information content (AvgIpc) is 2.74. The van der Waals surface area contributed by atoms with Crippen LogP contribution in [0.2, 0.25) is 0 Å². The lowest BCUT2D eigenvalue weighted by molar-refractivity contribution is -0.121. The molecule has 0 heterocycles. The van der Waals surface area contributed by atoms with Crippen molar-refractivity contribution in [2.75, 3.05) is 44.9 Å². The minimum absolute atomic E-state index is 0.0622. The Balaban J connectivity index is 3.59. The molecule has 14 heteroatoms. The molecule has 11 nitrogen and oxygen atoms in total. The lowest BCUT2D eigenvalue weighted by atomic mass is 10.1. The highest BCUT2D eigenvalue weighted by Gasteiger charge is 2.30. The Morgan fingerprint density at radius 2 is 1.23 bits per heavy atom. The summed E-state index contributed by atoms with van der Waals surface area (Å²) in [5.41, 5.74) is 0.348. The molecule has 0 saturated heterocycles. The predicted molar refractivity (Wildman–Crippen MR) is 136 cm³/mol. The summed E-state index contributed by atoms with van der Waals surface area (Å²) in [6, 6.07) is 0. The van der Waals surface area contributed by atoms with Crippen molar-refractivity contribution in [2.24, 2.45) is 0 Å². The van der Waals surface area contributed by atoms with Gasteiger partial charge in [-0.25, -0.2) is 0 Å². The summed E-state index contributed by atoms with van der Waals surface area (Å²) in [5, 5.41) is 51.1. The van der Waals surface area contributed by atoms with Crippen LogP contribution in [0.25, 0.3) is 0 Å². The molecule has 0 unspecified atom stereocenters. The monoisotopic (exact) mass is 777 g/mol. The van der Waals surface area contributed by atoms with Gasteiger partial charge in [-0.2, -0.15) is 0 Å². The van der Waals surface area contributed by atoms with Crippen LogP contribution < -0.4 is 15.5 Å². The van der Waals surface area contributed by atoms with Gasteiger partial charge in [0.25, 0.3) is 17.7 Å². The molecule has 0 aliphatic rings. The Bertz CT molecular complexity index is 786. The van der Waals surface area contributed by atoms with Crippen LogP contribution in [0, 0.1) is 10.7 Å². The number of carbonyl (C=O) groups excluding carboxylic acids is 3. The van der Waals surface area contributed by atoms with Crippen molar-refractivity contribution in [3.05, 3.63) is 21.8 Å². The minimum Gasteiger partial charge on any atom is -0.394 e. The molecule has 7 N–H and O–H groups in total. The summed E-state index contributed by atoms with van der Waals surface area (Å²) in [5.74, 6) is -1.96. The number of hydrogen-bond donors (Lipinski definition) is 7. The molecule has 2 atom stereocenters. The van der Waals surface area contributed by atoms with Gasteiger partial charge in [-0.15, -0.1) is 0 Å². The van der Waals surface area contributed by atoms with E-state index in [1.54, 1.807) is 0 Å². The third-order valence-corrected chi connectivity index (χ3v) is 7.19. The molecule has 0 saturated carbocycles. The van der Waals surface area contributed by atoms with Gasteiger partial charge < -0.3 is 41.1 Å². The number of benzene rings is 1. The number of nitrogens with one attached hydrogen (secondary N) is 2. The topological polar surface area (TPSA) is 180 Å². The van der Waals surface area contributed by atoms with Crippen molar-refractivity contribution in [3.63, 3.8) is 0 Å². The summed E-state index contributed by atoms with van der Waals surface area (Å²) in [7, 11) is 1.39. The number of likely N-dealkylation sites (N-methyl/N-ethyl adjacent to an activating group) is 1. The van der Waals surface area contributed by atoms with E-state index >= 15 is 0 Å². The molecule has 3 amide bonds. The van der Waals surface area contributed by atoms with Crippen molar-refractivity contribution < 1.29 is 39.9 Å². The molecule has 0 aliphatic carbocycles. The highest BCUT2D eigenvalue weighted by Crippen LogP contribution is 2.37. The van der Waals surface area contributed by atoms with Crippen molar-refractivity contribution >= 4 is 91.2 Å². The maximum atomic E-state index is 12.8.